The quantitative estimate of drug-likeness (QED) is 0.0447. The Morgan fingerprint density at radius 2 is 1.46 bits per heavy atom. The van der Waals surface area contributed by atoms with Crippen LogP contribution in [0.25, 0.3) is 0 Å². The summed E-state index contributed by atoms with van der Waals surface area (Å²) >= 11 is 3.93. The number of guanidine groups is 1. The van der Waals surface area contributed by atoms with Crippen molar-refractivity contribution in [3.63, 3.8) is 0 Å². The number of aliphatic carboxylic acids is 1. The van der Waals surface area contributed by atoms with Crippen LogP contribution in [-0.4, -0.2) is 77.1 Å². The molecule has 0 aromatic heterocycles. The highest BCUT2D eigenvalue weighted by Crippen LogP contribution is 2.07. The summed E-state index contributed by atoms with van der Waals surface area (Å²) in [4.78, 5) is 65.3. The van der Waals surface area contributed by atoms with E-state index in [4.69, 9.17) is 22.9 Å². The first-order valence-corrected chi connectivity index (χ1v) is 12.0. The van der Waals surface area contributed by atoms with E-state index in [-0.39, 0.29) is 37.5 Å². The maximum absolute atomic E-state index is 13.1. The Labute approximate surface area is 219 Å². The molecule has 15 heteroatoms. The second kappa shape index (κ2) is 16.0. The lowest BCUT2D eigenvalue weighted by Crippen LogP contribution is -2.58. The minimum atomic E-state index is -1.42. The number of carbonyl (C=O) groups is 5. The Morgan fingerprint density at radius 3 is 2.00 bits per heavy atom. The van der Waals surface area contributed by atoms with Gasteiger partial charge in [-0.25, -0.2) is 4.79 Å². The van der Waals surface area contributed by atoms with Crippen molar-refractivity contribution in [3.05, 3.63) is 35.9 Å². The third-order valence-corrected chi connectivity index (χ3v) is 5.44. The van der Waals surface area contributed by atoms with Crippen LogP contribution in [0, 0.1) is 0 Å². The summed E-state index contributed by atoms with van der Waals surface area (Å²) < 4.78 is 0. The number of nitrogens with zero attached hydrogens (tertiary/aromatic N) is 1. The molecule has 0 saturated heterocycles. The van der Waals surface area contributed by atoms with Gasteiger partial charge in [0, 0.05) is 18.7 Å². The topological polar surface area (TPSA) is 258 Å². The fourth-order valence-electron chi connectivity index (χ4n) is 3.14. The van der Waals surface area contributed by atoms with E-state index in [1.807, 2.05) is 0 Å². The molecule has 0 aliphatic rings. The third kappa shape index (κ3) is 12.1. The highest BCUT2D eigenvalue weighted by atomic mass is 32.1. The second-order valence-electron chi connectivity index (χ2n) is 8.12. The predicted molar refractivity (Wildman–Crippen MR) is 139 cm³/mol. The number of nitrogens with one attached hydrogen (secondary N) is 3. The molecule has 4 amide bonds. The normalized spacial score (nSPS) is 13.8. The van der Waals surface area contributed by atoms with Gasteiger partial charge in [-0.05, 0) is 18.4 Å². The van der Waals surface area contributed by atoms with Crippen LogP contribution in [0.1, 0.15) is 24.8 Å². The Balaban J connectivity index is 3.08. The maximum atomic E-state index is 13.1. The number of aliphatic imine (C=N–C) groups is 1. The van der Waals surface area contributed by atoms with E-state index in [1.165, 1.54) is 0 Å². The van der Waals surface area contributed by atoms with Crippen molar-refractivity contribution in [3.8, 4) is 0 Å². The van der Waals surface area contributed by atoms with Crippen molar-refractivity contribution in [1.82, 2.24) is 16.0 Å². The minimum absolute atomic E-state index is 0.00779. The molecule has 1 rings (SSSR count). The van der Waals surface area contributed by atoms with E-state index in [0.29, 0.717) is 5.56 Å². The maximum Gasteiger partial charge on any atom is 0.326 e. The number of amides is 4. The Morgan fingerprint density at radius 1 is 0.892 bits per heavy atom. The van der Waals surface area contributed by atoms with Crippen LogP contribution >= 0.6 is 12.6 Å². The summed E-state index contributed by atoms with van der Waals surface area (Å²) in [6.07, 6.45) is -0.278. The van der Waals surface area contributed by atoms with Crippen LogP contribution in [0.3, 0.4) is 0 Å². The van der Waals surface area contributed by atoms with E-state index < -0.39 is 60.2 Å². The molecule has 0 saturated carbocycles. The number of carboxylic acid groups (broad SMARTS) is 1. The highest BCUT2D eigenvalue weighted by Gasteiger charge is 2.31. The molecule has 0 heterocycles. The van der Waals surface area contributed by atoms with Gasteiger partial charge in [-0.2, -0.15) is 12.6 Å². The molecule has 0 spiro atoms. The number of thiol groups is 1. The molecule has 1 aromatic rings. The van der Waals surface area contributed by atoms with Crippen molar-refractivity contribution in [1.29, 1.82) is 0 Å². The zero-order valence-electron chi connectivity index (χ0n) is 20.1. The third-order valence-electron chi connectivity index (χ3n) is 5.05. The number of nitrogens with two attached hydrogens (primary N) is 4. The largest absolute Gasteiger partial charge is 0.480 e. The first-order chi connectivity index (χ1) is 17.4. The summed E-state index contributed by atoms with van der Waals surface area (Å²) in [5, 5.41) is 16.7. The van der Waals surface area contributed by atoms with Crippen LogP contribution in [0.2, 0.25) is 0 Å². The first-order valence-electron chi connectivity index (χ1n) is 11.3. The summed E-state index contributed by atoms with van der Waals surface area (Å²) in [7, 11) is 0. The van der Waals surface area contributed by atoms with E-state index in [0.717, 1.165) is 0 Å². The lowest BCUT2D eigenvalue weighted by Gasteiger charge is -2.25. The Bertz CT molecular complexity index is 973. The van der Waals surface area contributed by atoms with Gasteiger partial charge in [0.1, 0.15) is 18.1 Å². The molecule has 1 aromatic carbocycles. The van der Waals surface area contributed by atoms with Crippen molar-refractivity contribution in [2.24, 2.45) is 27.9 Å². The van der Waals surface area contributed by atoms with Crippen LogP contribution in [0.5, 0.6) is 0 Å². The molecule has 0 radical (unpaired) electrons. The number of hydrogen-bond donors (Lipinski definition) is 9. The molecular formula is C22H34N8O6S. The molecule has 12 N–H and O–H groups in total. The lowest BCUT2D eigenvalue weighted by molar-refractivity contribution is -0.142. The number of primary amides is 1. The molecule has 0 bridgehead atoms. The van der Waals surface area contributed by atoms with Crippen molar-refractivity contribution >= 4 is 48.2 Å². The Kier molecular flexibility index (Phi) is 13.5. The molecule has 37 heavy (non-hydrogen) atoms. The van der Waals surface area contributed by atoms with Crippen molar-refractivity contribution < 1.29 is 29.1 Å². The molecular weight excluding hydrogens is 504 g/mol. The lowest BCUT2D eigenvalue weighted by atomic mass is 10.0. The SMILES string of the molecule is NC(=O)CC(NC(=O)C(N)CS)C(=O)NC(Cc1ccccc1)C(=O)NC(CCCN=C(N)N)C(=O)O. The van der Waals surface area contributed by atoms with Gasteiger partial charge in [0.25, 0.3) is 0 Å². The molecule has 4 atom stereocenters. The number of carboxylic acids is 1. The van der Waals surface area contributed by atoms with Gasteiger partial charge < -0.3 is 44.0 Å². The zero-order chi connectivity index (χ0) is 28.0. The van der Waals surface area contributed by atoms with Crippen molar-refractivity contribution in [2.45, 2.75) is 49.9 Å². The van der Waals surface area contributed by atoms with E-state index in [1.54, 1.807) is 30.3 Å². The Hall–Kier alpha value is -3.85. The molecule has 4 unspecified atom stereocenters. The van der Waals surface area contributed by atoms with E-state index in [9.17, 15) is 29.1 Å². The molecule has 14 nitrogen and oxygen atoms in total. The van der Waals surface area contributed by atoms with Crippen LogP contribution in [-0.2, 0) is 30.4 Å². The smallest absolute Gasteiger partial charge is 0.326 e. The summed E-state index contributed by atoms with van der Waals surface area (Å²) in [5.41, 5.74) is 22.0. The molecule has 204 valence electrons. The first kappa shape index (κ1) is 31.2. The van der Waals surface area contributed by atoms with Gasteiger partial charge in [-0.1, -0.05) is 30.3 Å². The minimum Gasteiger partial charge on any atom is -0.480 e. The summed E-state index contributed by atoms with van der Waals surface area (Å²) in [6, 6.07) is 3.64. The van der Waals surface area contributed by atoms with Gasteiger partial charge in [0.2, 0.25) is 23.6 Å². The van der Waals surface area contributed by atoms with Gasteiger partial charge in [0.15, 0.2) is 5.96 Å². The van der Waals surface area contributed by atoms with Gasteiger partial charge in [-0.15, -0.1) is 0 Å². The second-order valence-corrected chi connectivity index (χ2v) is 8.48. The van der Waals surface area contributed by atoms with Crippen LogP contribution in [0.4, 0.5) is 0 Å². The average molecular weight is 539 g/mol. The van der Waals surface area contributed by atoms with Crippen LogP contribution in [0.15, 0.2) is 35.3 Å². The fourth-order valence-corrected chi connectivity index (χ4v) is 3.30. The van der Waals surface area contributed by atoms with E-state index >= 15 is 0 Å². The standard InChI is InChI=1S/C22H34N8O6S/c23-13(11-37)18(32)29-16(10-17(24)31)20(34)30-15(9-12-5-2-1-3-6-12)19(33)28-14(21(35)36)7-4-8-27-22(25)26/h1-3,5-6,13-16,37H,4,7-11,23H2,(H2,24,31)(H,28,33)(H,29,32)(H,30,34)(H,35,36)(H4,25,26,27). The highest BCUT2D eigenvalue weighted by molar-refractivity contribution is 7.80. The molecule has 0 fully saturated rings. The average Bonchev–Trinajstić information content (AvgIpc) is 2.84. The fraction of sp³-hybridized carbons (Fsp3) is 0.455. The summed E-state index contributed by atoms with van der Waals surface area (Å²) in [5.74, 6) is -4.74. The summed E-state index contributed by atoms with van der Waals surface area (Å²) in [6.45, 7) is 0.162. The number of rotatable bonds is 16. The van der Waals surface area contributed by atoms with Gasteiger partial charge >= 0.3 is 5.97 Å². The monoisotopic (exact) mass is 538 g/mol. The number of hydrogen-bond acceptors (Lipinski definition) is 8. The van der Waals surface area contributed by atoms with Gasteiger partial charge in [-0.3, -0.25) is 24.2 Å². The zero-order valence-corrected chi connectivity index (χ0v) is 21.0. The van der Waals surface area contributed by atoms with Crippen LogP contribution < -0.4 is 38.9 Å². The van der Waals surface area contributed by atoms with E-state index in [2.05, 4.69) is 33.6 Å². The predicted octanol–water partition coefficient (Wildman–Crippen LogP) is -3.05. The molecule has 0 aliphatic heterocycles. The number of carbonyl (C=O) groups excluding carboxylic acids is 4. The molecule has 0 aliphatic carbocycles. The van der Waals surface area contributed by atoms with Gasteiger partial charge in [0.05, 0.1) is 12.5 Å². The number of benzene rings is 1. The van der Waals surface area contributed by atoms with Crippen molar-refractivity contribution in [2.75, 3.05) is 12.3 Å².